The largest absolute Gasteiger partial charge is 0.460 e. The van der Waals surface area contributed by atoms with Crippen LogP contribution in [0.4, 0.5) is 9.59 Å². The fourth-order valence-corrected chi connectivity index (χ4v) is 5.89. The summed E-state index contributed by atoms with van der Waals surface area (Å²) >= 11 is 0. The molecule has 0 saturated heterocycles. The van der Waals surface area contributed by atoms with Gasteiger partial charge in [-0.25, -0.2) is 19.2 Å². The molecule has 0 heterocycles. The molecule has 2 amide bonds. The number of rotatable bonds is 16. The van der Waals surface area contributed by atoms with Crippen LogP contribution in [0.5, 0.6) is 0 Å². The van der Waals surface area contributed by atoms with Crippen molar-refractivity contribution >= 4 is 24.1 Å². The molecule has 0 atom stereocenters. The van der Waals surface area contributed by atoms with Crippen LogP contribution in [0, 0.1) is 20.8 Å². The van der Waals surface area contributed by atoms with Gasteiger partial charge in [0, 0.05) is 16.6 Å². The van der Waals surface area contributed by atoms with Crippen molar-refractivity contribution in [2.24, 2.45) is 0 Å². The van der Waals surface area contributed by atoms with E-state index in [-0.39, 0.29) is 44.9 Å². The van der Waals surface area contributed by atoms with Crippen LogP contribution in [0.2, 0.25) is 0 Å². The fraction of sp³-hybridized carbons (Fsp3) is 0.381. The lowest BCUT2D eigenvalue weighted by molar-refractivity contribution is -0.139. The number of benzene rings is 3. The Balaban J connectivity index is 0.000000801. The average molecular weight is 713 g/mol. The molecule has 0 bridgehead atoms. The smallest absolute Gasteiger partial charge is 0.407 e. The lowest BCUT2D eigenvalue weighted by Gasteiger charge is -2.33. The normalized spacial score (nSPS) is 11.8. The zero-order valence-electron chi connectivity index (χ0n) is 31.1. The molecule has 0 unspecified atom stereocenters. The van der Waals surface area contributed by atoms with E-state index in [1.165, 1.54) is 33.4 Å². The highest BCUT2D eigenvalue weighted by Crippen LogP contribution is 2.53. The summed E-state index contributed by atoms with van der Waals surface area (Å²) in [6.07, 6.45) is 1.47. The zero-order chi connectivity index (χ0) is 38.1. The molecule has 0 fully saturated rings. The SMILES string of the molecule is C=C(C)C(=O)OCCNC(=O)OCCCC1(CCCOC(=O)NCCOC(=O)C(=C)C)c2ccccc2-c2ccc(C)cc21.Cc1ccc(C)cc1. The maximum absolute atomic E-state index is 12.2. The van der Waals surface area contributed by atoms with Gasteiger partial charge in [-0.2, -0.15) is 0 Å². The lowest BCUT2D eigenvalue weighted by atomic mass is 9.71. The molecule has 10 nitrogen and oxygen atoms in total. The molecule has 4 rings (SSSR count). The van der Waals surface area contributed by atoms with Gasteiger partial charge < -0.3 is 29.6 Å². The molecule has 10 heteroatoms. The van der Waals surface area contributed by atoms with Crippen LogP contribution in [0.25, 0.3) is 11.1 Å². The van der Waals surface area contributed by atoms with Gasteiger partial charge in [0.25, 0.3) is 0 Å². The number of hydrogen-bond acceptors (Lipinski definition) is 8. The Morgan fingerprint density at radius 1 is 0.577 bits per heavy atom. The first-order valence-electron chi connectivity index (χ1n) is 17.5. The van der Waals surface area contributed by atoms with Crippen molar-refractivity contribution in [2.75, 3.05) is 39.5 Å². The molecule has 1 aliphatic rings. The molecule has 52 heavy (non-hydrogen) atoms. The third-order valence-corrected chi connectivity index (χ3v) is 8.51. The summed E-state index contributed by atoms with van der Waals surface area (Å²) in [5.41, 5.74) is 8.80. The second kappa shape index (κ2) is 20.5. The zero-order valence-corrected chi connectivity index (χ0v) is 31.1. The van der Waals surface area contributed by atoms with Crippen molar-refractivity contribution < 1.29 is 38.1 Å². The van der Waals surface area contributed by atoms with E-state index in [1.54, 1.807) is 13.8 Å². The lowest BCUT2D eigenvalue weighted by Crippen LogP contribution is -2.31. The topological polar surface area (TPSA) is 129 Å². The first-order chi connectivity index (χ1) is 24.8. The molecule has 3 aromatic rings. The highest BCUT2D eigenvalue weighted by atomic mass is 16.6. The van der Waals surface area contributed by atoms with Gasteiger partial charge in [0.1, 0.15) is 13.2 Å². The van der Waals surface area contributed by atoms with Gasteiger partial charge in [0.05, 0.1) is 26.3 Å². The molecule has 0 radical (unpaired) electrons. The van der Waals surface area contributed by atoms with E-state index in [0.717, 1.165) is 5.56 Å². The van der Waals surface area contributed by atoms with Crippen LogP contribution in [-0.4, -0.2) is 63.6 Å². The van der Waals surface area contributed by atoms with Crippen LogP contribution < -0.4 is 10.6 Å². The Kier molecular flexibility index (Phi) is 16.2. The quantitative estimate of drug-likeness (QED) is 0.0666. The predicted octanol–water partition coefficient (Wildman–Crippen LogP) is 7.82. The molecule has 3 aromatic carbocycles. The minimum absolute atomic E-state index is 0.0272. The van der Waals surface area contributed by atoms with E-state index in [0.29, 0.717) is 36.8 Å². The van der Waals surface area contributed by atoms with E-state index in [1.807, 2.05) is 12.1 Å². The van der Waals surface area contributed by atoms with Crippen molar-refractivity contribution in [2.45, 2.75) is 65.7 Å². The summed E-state index contributed by atoms with van der Waals surface area (Å²) < 4.78 is 20.8. The first-order valence-corrected chi connectivity index (χ1v) is 17.5. The average Bonchev–Trinajstić information content (AvgIpc) is 3.38. The first kappa shape index (κ1) is 41.0. The van der Waals surface area contributed by atoms with Gasteiger partial charge in [-0.15, -0.1) is 0 Å². The van der Waals surface area contributed by atoms with E-state index >= 15 is 0 Å². The van der Waals surface area contributed by atoms with Crippen LogP contribution in [0.1, 0.15) is 67.3 Å². The van der Waals surface area contributed by atoms with Gasteiger partial charge in [0.15, 0.2) is 0 Å². The van der Waals surface area contributed by atoms with Crippen LogP contribution >= 0.6 is 0 Å². The number of nitrogens with one attached hydrogen (secondary N) is 2. The molecule has 0 aromatic heterocycles. The number of ether oxygens (including phenoxy) is 4. The summed E-state index contributed by atoms with van der Waals surface area (Å²) in [5.74, 6) is -1.02. The van der Waals surface area contributed by atoms with Gasteiger partial charge >= 0.3 is 24.1 Å². The highest BCUT2D eigenvalue weighted by Gasteiger charge is 2.42. The summed E-state index contributed by atoms with van der Waals surface area (Å²) in [6, 6.07) is 23.3. The third kappa shape index (κ3) is 12.4. The molecule has 0 spiro atoms. The number of carbonyl (C=O) groups excluding carboxylic acids is 4. The van der Waals surface area contributed by atoms with Crippen LogP contribution in [-0.2, 0) is 34.0 Å². The maximum Gasteiger partial charge on any atom is 0.407 e. The Bertz CT molecular complexity index is 1640. The number of esters is 2. The summed E-state index contributed by atoms with van der Waals surface area (Å²) in [6.45, 7) is 17.1. The van der Waals surface area contributed by atoms with E-state index in [2.05, 4.69) is 99.2 Å². The monoisotopic (exact) mass is 712 g/mol. The third-order valence-electron chi connectivity index (χ3n) is 8.51. The van der Waals surface area contributed by atoms with Gasteiger partial charge in [-0.1, -0.05) is 96.6 Å². The van der Waals surface area contributed by atoms with Crippen molar-refractivity contribution in [3.63, 3.8) is 0 Å². The number of alkyl carbamates (subject to hydrolysis) is 2. The van der Waals surface area contributed by atoms with Crippen LogP contribution in [0.15, 0.2) is 91.0 Å². The van der Waals surface area contributed by atoms with Crippen molar-refractivity contribution in [3.8, 4) is 11.1 Å². The van der Waals surface area contributed by atoms with E-state index < -0.39 is 24.1 Å². The number of carbonyl (C=O) groups is 4. The van der Waals surface area contributed by atoms with Crippen LogP contribution in [0.3, 0.4) is 0 Å². The molecular weight excluding hydrogens is 660 g/mol. The standard InChI is InChI=1S/C34H42N2O8.C8H10/c1-23(2)30(37)41-20-16-35-32(39)43-18-8-14-34(15-9-19-44-33(40)36-17-21-42-31(38)24(3)4)28-11-7-6-10-26(28)27-13-12-25(5)22-29(27)34;1-7-3-5-8(2)6-4-7/h6-7,10-13,22H,1,3,8-9,14-21H2,2,4-5H3,(H,35,39)(H,36,40);3-6H,1-2H3. The Hall–Kier alpha value is -5.38. The Labute approximate surface area is 307 Å². The van der Waals surface area contributed by atoms with Gasteiger partial charge in [0.2, 0.25) is 0 Å². The van der Waals surface area contributed by atoms with Gasteiger partial charge in [-0.05, 0) is 82.6 Å². The van der Waals surface area contributed by atoms with Gasteiger partial charge in [-0.3, -0.25) is 0 Å². The highest BCUT2D eigenvalue weighted by molar-refractivity contribution is 5.87. The summed E-state index contributed by atoms with van der Waals surface area (Å²) in [5, 5.41) is 5.17. The summed E-state index contributed by atoms with van der Waals surface area (Å²) in [7, 11) is 0. The molecule has 0 aliphatic heterocycles. The number of aryl methyl sites for hydroxylation is 3. The van der Waals surface area contributed by atoms with Crippen molar-refractivity contribution in [1.82, 2.24) is 10.6 Å². The number of hydrogen-bond donors (Lipinski definition) is 2. The van der Waals surface area contributed by atoms with Crippen molar-refractivity contribution in [1.29, 1.82) is 0 Å². The summed E-state index contributed by atoms with van der Waals surface area (Å²) in [4.78, 5) is 47.3. The molecule has 0 saturated carbocycles. The maximum atomic E-state index is 12.2. The predicted molar refractivity (Wildman–Crippen MR) is 202 cm³/mol. The Morgan fingerprint density at radius 3 is 1.50 bits per heavy atom. The Morgan fingerprint density at radius 2 is 1.02 bits per heavy atom. The number of amides is 2. The molecule has 1 aliphatic carbocycles. The second-order valence-corrected chi connectivity index (χ2v) is 13.0. The number of fused-ring (bicyclic) bond motifs is 3. The molecule has 278 valence electrons. The van der Waals surface area contributed by atoms with E-state index in [9.17, 15) is 19.2 Å². The van der Waals surface area contributed by atoms with E-state index in [4.69, 9.17) is 18.9 Å². The van der Waals surface area contributed by atoms with Crippen molar-refractivity contribution in [3.05, 3.63) is 119 Å². The second-order valence-electron chi connectivity index (χ2n) is 13.0. The minimum atomic E-state index is -0.581. The molecule has 2 N–H and O–H groups in total. The molecular formula is C42H52N2O8. The minimum Gasteiger partial charge on any atom is -0.460 e. The fourth-order valence-electron chi connectivity index (χ4n) is 5.89.